The van der Waals surface area contributed by atoms with E-state index in [0.717, 1.165) is 5.56 Å². The standard InChI is InChI=1S/C10H12N2O3/c1-8-7-12(2)10(14)11-9(8)15-6-4-3-5-13/h7,13H,5-6H2,1-2H3. The molecule has 15 heavy (non-hydrogen) atoms. The van der Waals surface area contributed by atoms with Gasteiger partial charge >= 0.3 is 5.69 Å². The molecular weight excluding hydrogens is 196 g/mol. The van der Waals surface area contributed by atoms with E-state index in [1.807, 2.05) is 0 Å². The molecule has 1 aromatic rings. The van der Waals surface area contributed by atoms with Crippen LogP contribution in [0.1, 0.15) is 5.56 Å². The molecule has 0 aliphatic rings. The molecule has 5 heteroatoms. The van der Waals surface area contributed by atoms with Crippen LogP contribution in [0.5, 0.6) is 5.88 Å². The molecule has 0 aromatic carbocycles. The van der Waals surface area contributed by atoms with Gasteiger partial charge in [-0.15, -0.1) is 0 Å². The lowest BCUT2D eigenvalue weighted by molar-refractivity contribution is 0.341. The number of hydrogen-bond donors (Lipinski definition) is 1. The van der Waals surface area contributed by atoms with Crippen molar-refractivity contribution in [1.29, 1.82) is 0 Å². The third kappa shape index (κ3) is 3.11. The van der Waals surface area contributed by atoms with E-state index in [0.29, 0.717) is 0 Å². The van der Waals surface area contributed by atoms with Gasteiger partial charge in [0.05, 0.1) is 0 Å². The molecule has 0 atom stereocenters. The first-order chi connectivity index (χ1) is 7.15. The Morgan fingerprint density at radius 3 is 3.00 bits per heavy atom. The summed E-state index contributed by atoms with van der Waals surface area (Å²) in [5, 5.41) is 8.40. The molecule has 0 saturated carbocycles. The van der Waals surface area contributed by atoms with Crippen LogP contribution in [0.3, 0.4) is 0 Å². The zero-order valence-electron chi connectivity index (χ0n) is 8.65. The van der Waals surface area contributed by atoms with Gasteiger partial charge in [-0.25, -0.2) is 4.79 Å². The summed E-state index contributed by atoms with van der Waals surface area (Å²) in [6.45, 7) is 1.70. The summed E-state index contributed by atoms with van der Waals surface area (Å²) in [7, 11) is 1.62. The van der Waals surface area contributed by atoms with Crippen molar-refractivity contribution >= 4 is 0 Å². The number of aliphatic hydroxyl groups is 1. The summed E-state index contributed by atoms with van der Waals surface area (Å²) in [6.07, 6.45) is 1.64. The van der Waals surface area contributed by atoms with Crippen LogP contribution in [-0.2, 0) is 7.05 Å². The number of nitrogens with zero attached hydrogens (tertiary/aromatic N) is 2. The summed E-state index contributed by atoms with van der Waals surface area (Å²) >= 11 is 0. The monoisotopic (exact) mass is 208 g/mol. The third-order valence-corrected chi connectivity index (χ3v) is 1.71. The molecule has 1 rings (SSSR count). The van der Waals surface area contributed by atoms with E-state index in [-0.39, 0.29) is 24.8 Å². The maximum atomic E-state index is 11.2. The van der Waals surface area contributed by atoms with Gasteiger partial charge in [0.1, 0.15) is 6.61 Å². The molecule has 0 aliphatic carbocycles. The summed E-state index contributed by atoms with van der Waals surface area (Å²) in [5.41, 5.74) is 0.397. The maximum absolute atomic E-state index is 11.2. The van der Waals surface area contributed by atoms with Crippen LogP contribution in [0.15, 0.2) is 11.0 Å². The SMILES string of the molecule is Cc1cn(C)c(=O)nc1OCC#CCO. The minimum Gasteiger partial charge on any atom is -0.464 e. The summed E-state index contributed by atoms with van der Waals surface area (Å²) in [6, 6.07) is 0. The molecule has 0 amide bonds. The lowest BCUT2D eigenvalue weighted by atomic mass is 10.4. The smallest absolute Gasteiger partial charge is 0.350 e. The van der Waals surface area contributed by atoms with Gasteiger partial charge in [-0.1, -0.05) is 11.8 Å². The molecule has 1 heterocycles. The van der Waals surface area contributed by atoms with Gasteiger partial charge in [0.2, 0.25) is 5.88 Å². The van der Waals surface area contributed by atoms with Crippen molar-refractivity contribution in [2.75, 3.05) is 13.2 Å². The van der Waals surface area contributed by atoms with Crippen LogP contribution >= 0.6 is 0 Å². The quantitative estimate of drug-likeness (QED) is 0.663. The fraction of sp³-hybridized carbons (Fsp3) is 0.400. The van der Waals surface area contributed by atoms with Gasteiger partial charge in [-0.05, 0) is 6.92 Å². The van der Waals surface area contributed by atoms with Crippen LogP contribution in [0, 0.1) is 18.8 Å². The van der Waals surface area contributed by atoms with Gasteiger partial charge in [0.15, 0.2) is 6.61 Å². The van der Waals surface area contributed by atoms with Gasteiger partial charge < -0.3 is 14.4 Å². The highest BCUT2D eigenvalue weighted by atomic mass is 16.5. The summed E-state index contributed by atoms with van der Waals surface area (Å²) in [4.78, 5) is 14.9. The maximum Gasteiger partial charge on any atom is 0.350 e. The van der Waals surface area contributed by atoms with Crippen LogP contribution in [0.2, 0.25) is 0 Å². The predicted octanol–water partition coefficient (Wildman–Crippen LogP) is -0.537. The Morgan fingerprint density at radius 1 is 1.60 bits per heavy atom. The molecule has 0 unspecified atom stereocenters. The van der Waals surface area contributed by atoms with E-state index in [9.17, 15) is 4.79 Å². The van der Waals surface area contributed by atoms with Crippen LogP contribution in [-0.4, -0.2) is 27.9 Å². The van der Waals surface area contributed by atoms with Gasteiger partial charge in [0.25, 0.3) is 0 Å². The predicted molar refractivity (Wildman–Crippen MR) is 54.6 cm³/mol. The normalized spacial score (nSPS) is 9.27. The van der Waals surface area contributed by atoms with Crippen molar-refractivity contribution in [1.82, 2.24) is 9.55 Å². The fourth-order valence-electron chi connectivity index (χ4n) is 1.01. The van der Waals surface area contributed by atoms with Gasteiger partial charge in [-0.2, -0.15) is 4.98 Å². The Labute approximate surface area is 87.3 Å². The van der Waals surface area contributed by atoms with Crippen LogP contribution in [0.4, 0.5) is 0 Å². The van der Waals surface area contributed by atoms with E-state index in [1.165, 1.54) is 4.57 Å². The second-order valence-electron chi connectivity index (χ2n) is 2.92. The summed E-state index contributed by atoms with van der Waals surface area (Å²) in [5.74, 6) is 5.29. The molecule has 80 valence electrons. The molecular formula is C10H12N2O3. The van der Waals surface area contributed by atoms with E-state index < -0.39 is 0 Å². The first-order valence-corrected chi connectivity index (χ1v) is 4.39. The Morgan fingerprint density at radius 2 is 2.33 bits per heavy atom. The number of ether oxygens (including phenoxy) is 1. The van der Waals surface area contributed by atoms with Gasteiger partial charge in [0, 0.05) is 18.8 Å². The van der Waals surface area contributed by atoms with Gasteiger partial charge in [-0.3, -0.25) is 0 Å². The van der Waals surface area contributed by atoms with Crippen LogP contribution < -0.4 is 10.4 Å². The molecule has 0 radical (unpaired) electrons. The molecule has 0 spiro atoms. The second-order valence-corrected chi connectivity index (χ2v) is 2.92. The highest BCUT2D eigenvalue weighted by molar-refractivity contribution is 5.21. The topological polar surface area (TPSA) is 64.4 Å². The van der Waals surface area contributed by atoms with Crippen molar-refractivity contribution in [3.05, 3.63) is 22.2 Å². The number of rotatable bonds is 2. The van der Waals surface area contributed by atoms with E-state index in [1.54, 1.807) is 20.2 Å². The Hall–Kier alpha value is -1.80. The molecule has 1 aromatic heterocycles. The fourth-order valence-corrected chi connectivity index (χ4v) is 1.01. The first-order valence-electron chi connectivity index (χ1n) is 4.39. The van der Waals surface area contributed by atoms with Crippen molar-refractivity contribution in [3.8, 4) is 17.7 Å². The first kappa shape index (κ1) is 11.3. The Kier molecular flexibility index (Phi) is 3.89. The zero-order chi connectivity index (χ0) is 11.3. The highest BCUT2D eigenvalue weighted by Crippen LogP contribution is 2.09. The highest BCUT2D eigenvalue weighted by Gasteiger charge is 2.02. The molecule has 0 saturated heterocycles. The molecule has 1 N–H and O–H groups in total. The second kappa shape index (κ2) is 5.17. The van der Waals surface area contributed by atoms with E-state index in [4.69, 9.17) is 9.84 Å². The van der Waals surface area contributed by atoms with E-state index >= 15 is 0 Å². The largest absolute Gasteiger partial charge is 0.464 e. The van der Waals surface area contributed by atoms with E-state index in [2.05, 4.69) is 16.8 Å². The van der Waals surface area contributed by atoms with Crippen LogP contribution in [0.25, 0.3) is 0 Å². The van der Waals surface area contributed by atoms with Crippen molar-refractivity contribution in [3.63, 3.8) is 0 Å². The number of aromatic nitrogens is 2. The molecule has 0 bridgehead atoms. The zero-order valence-corrected chi connectivity index (χ0v) is 8.65. The minimum absolute atomic E-state index is 0.113. The molecule has 0 aliphatic heterocycles. The number of hydrogen-bond acceptors (Lipinski definition) is 4. The van der Waals surface area contributed by atoms with Crippen molar-refractivity contribution < 1.29 is 9.84 Å². The summed E-state index contributed by atoms with van der Waals surface area (Å²) < 4.78 is 6.54. The number of aliphatic hydroxyl groups excluding tert-OH is 1. The minimum atomic E-state index is -0.370. The lowest BCUT2D eigenvalue weighted by Crippen LogP contribution is -2.21. The number of aryl methyl sites for hydroxylation is 2. The average Bonchev–Trinajstić information content (AvgIpc) is 2.20. The van der Waals surface area contributed by atoms with Crippen molar-refractivity contribution in [2.24, 2.45) is 7.05 Å². The van der Waals surface area contributed by atoms with Crippen molar-refractivity contribution in [2.45, 2.75) is 6.92 Å². The molecule has 0 fully saturated rings. The third-order valence-electron chi connectivity index (χ3n) is 1.71. The Bertz CT molecular complexity index is 454. The Balaban J connectivity index is 2.78. The molecule has 5 nitrogen and oxygen atoms in total. The lowest BCUT2D eigenvalue weighted by Gasteiger charge is -2.05. The average molecular weight is 208 g/mol.